The average Bonchev–Trinajstić information content (AvgIpc) is 2.16. The molecule has 0 atom stereocenters. The van der Waals surface area contributed by atoms with Gasteiger partial charge in [0, 0.05) is 6.92 Å². The van der Waals surface area contributed by atoms with Crippen molar-refractivity contribution >= 4 is 23.2 Å². The number of allylic oxidation sites excluding steroid dienone is 4. The third-order valence-electron chi connectivity index (χ3n) is 1.62. The lowest BCUT2D eigenvalue weighted by molar-refractivity contribution is -0.140. The molecule has 5 heteroatoms. The Labute approximate surface area is 86.1 Å². The topological polar surface area (TPSA) is 72.8 Å². The Hall–Kier alpha value is -2.04. The number of Topliss-reactive ketones (excluding diaryl/α,β-unsaturated/α-hetero) is 1. The lowest BCUT2D eigenvalue weighted by Gasteiger charge is -2.04. The highest BCUT2D eigenvalue weighted by Gasteiger charge is 2.16. The van der Waals surface area contributed by atoms with Crippen molar-refractivity contribution in [3.8, 4) is 0 Å². The van der Waals surface area contributed by atoms with Gasteiger partial charge < -0.3 is 4.84 Å². The number of nitrogens with zero attached hydrogens (tertiary/aromatic N) is 1. The van der Waals surface area contributed by atoms with Crippen LogP contribution >= 0.6 is 0 Å². The second kappa shape index (κ2) is 4.45. The Morgan fingerprint density at radius 2 is 1.93 bits per heavy atom. The van der Waals surface area contributed by atoms with Crippen molar-refractivity contribution in [3.05, 3.63) is 23.8 Å². The van der Waals surface area contributed by atoms with Crippen LogP contribution in [0.25, 0.3) is 0 Å². The van der Waals surface area contributed by atoms with Gasteiger partial charge in [-0.25, -0.2) is 4.79 Å². The monoisotopic (exact) mass is 207 g/mol. The van der Waals surface area contributed by atoms with Crippen molar-refractivity contribution in [1.29, 1.82) is 0 Å². The summed E-state index contributed by atoms with van der Waals surface area (Å²) in [7, 11) is 0. The molecule has 15 heavy (non-hydrogen) atoms. The van der Waals surface area contributed by atoms with Gasteiger partial charge in [0.25, 0.3) is 0 Å². The van der Waals surface area contributed by atoms with Crippen LogP contribution in [0, 0.1) is 0 Å². The van der Waals surface area contributed by atoms with Gasteiger partial charge in [0.05, 0.1) is 5.57 Å². The van der Waals surface area contributed by atoms with Crippen molar-refractivity contribution in [3.63, 3.8) is 0 Å². The number of carbonyl (C=O) groups is 3. The first-order valence-electron chi connectivity index (χ1n) is 4.21. The molecule has 1 aliphatic rings. The van der Waals surface area contributed by atoms with Crippen LogP contribution in [0.5, 0.6) is 0 Å². The Morgan fingerprint density at radius 1 is 1.27 bits per heavy atom. The molecule has 0 bridgehead atoms. The summed E-state index contributed by atoms with van der Waals surface area (Å²) in [5.74, 6) is -1.28. The van der Waals surface area contributed by atoms with Gasteiger partial charge in [-0.1, -0.05) is 5.16 Å². The molecule has 5 nitrogen and oxygen atoms in total. The van der Waals surface area contributed by atoms with E-state index in [1.165, 1.54) is 32.1 Å². The quantitative estimate of drug-likeness (QED) is 0.287. The van der Waals surface area contributed by atoms with Crippen LogP contribution in [0.2, 0.25) is 0 Å². The maximum absolute atomic E-state index is 11.2. The lowest BCUT2D eigenvalue weighted by atomic mass is 10.0. The highest BCUT2D eigenvalue weighted by molar-refractivity contribution is 6.30. The first-order chi connectivity index (χ1) is 7.00. The molecule has 1 aliphatic carbocycles. The highest BCUT2D eigenvalue weighted by atomic mass is 16.7. The van der Waals surface area contributed by atoms with E-state index in [1.807, 2.05) is 0 Å². The second-order valence-electron chi connectivity index (χ2n) is 2.91. The summed E-state index contributed by atoms with van der Waals surface area (Å²) < 4.78 is 0. The summed E-state index contributed by atoms with van der Waals surface area (Å²) in [6, 6.07) is 0. The molecule has 1 rings (SSSR count). The minimum Gasteiger partial charge on any atom is -0.318 e. The first-order valence-corrected chi connectivity index (χ1v) is 4.21. The van der Waals surface area contributed by atoms with Crippen molar-refractivity contribution < 1.29 is 19.2 Å². The molecule has 0 aromatic heterocycles. The zero-order valence-electron chi connectivity index (χ0n) is 8.31. The predicted molar refractivity (Wildman–Crippen MR) is 52.1 cm³/mol. The lowest BCUT2D eigenvalue weighted by Crippen LogP contribution is -2.14. The van der Waals surface area contributed by atoms with Gasteiger partial charge in [0.15, 0.2) is 11.6 Å². The Morgan fingerprint density at radius 3 is 2.47 bits per heavy atom. The summed E-state index contributed by atoms with van der Waals surface area (Å²) >= 11 is 0. The van der Waals surface area contributed by atoms with Crippen LogP contribution in [0.1, 0.15) is 13.8 Å². The number of oxime groups is 1. The van der Waals surface area contributed by atoms with Gasteiger partial charge in [-0.3, -0.25) is 9.59 Å². The zero-order chi connectivity index (χ0) is 11.4. The van der Waals surface area contributed by atoms with Crippen LogP contribution in [0.4, 0.5) is 0 Å². The molecule has 0 unspecified atom stereocenters. The van der Waals surface area contributed by atoms with Gasteiger partial charge in [0.2, 0.25) is 0 Å². The molecule has 0 saturated heterocycles. The van der Waals surface area contributed by atoms with Crippen LogP contribution in [0.15, 0.2) is 29.0 Å². The Bertz CT molecular complexity index is 415. The van der Waals surface area contributed by atoms with Crippen molar-refractivity contribution in [2.24, 2.45) is 5.16 Å². The fraction of sp³-hybridized carbons (Fsp3) is 0.200. The van der Waals surface area contributed by atoms with E-state index in [1.54, 1.807) is 0 Å². The fourth-order valence-electron chi connectivity index (χ4n) is 0.967. The van der Waals surface area contributed by atoms with E-state index in [9.17, 15) is 14.4 Å². The molecule has 0 radical (unpaired) electrons. The molecule has 0 spiro atoms. The van der Waals surface area contributed by atoms with Gasteiger partial charge in [-0.2, -0.15) is 0 Å². The highest BCUT2D eigenvalue weighted by Crippen LogP contribution is 2.07. The molecule has 0 heterocycles. The van der Waals surface area contributed by atoms with E-state index in [4.69, 9.17) is 0 Å². The zero-order valence-corrected chi connectivity index (χ0v) is 8.31. The largest absolute Gasteiger partial charge is 0.331 e. The molecular formula is C10H9NO4. The summed E-state index contributed by atoms with van der Waals surface area (Å²) in [6.45, 7) is 2.49. The maximum Gasteiger partial charge on any atom is 0.331 e. The minimum atomic E-state index is -0.564. The van der Waals surface area contributed by atoms with Crippen molar-refractivity contribution in [2.75, 3.05) is 0 Å². The summed E-state index contributed by atoms with van der Waals surface area (Å²) in [6.07, 6.45) is 3.87. The van der Waals surface area contributed by atoms with Crippen molar-refractivity contribution in [2.45, 2.75) is 13.8 Å². The van der Waals surface area contributed by atoms with Crippen LogP contribution in [-0.2, 0) is 19.2 Å². The van der Waals surface area contributed by atoms with Gasteiger partial charge in [-0.05, 0) is 25.2 Å². The maximum atomic E-state index is 11.2. The van der Waals surface area contributed by atoms with Gasteiger partial charge >= 0.3 is 5.97 Å². The van der Waals surface area contributed by atoms with E-state index in [2.05, 4.69) is 9.99 Å². The number of carbonyl (C=O) groups excluding carboxylic acids is 3. The van der Waals surface area contributed by atoms with Crippen LogP contribution in [0.3, 0.4) is 0 Å². The number of ketones is 2. The number of hydrogen-bond donors (Lipinski definition) is 0. The summed E-state index contributed by atoms with van der Waals surface area (Å²) in [4.78, 5) is 37.0. The van der Waals surface area contributed by atoms with E-state index >= 15 is 0 Å². The van der Waals surface area contributed by atoms with Gasteiger partial charge in [0.1, 0.15) is 5.71 Å². The molecular weight excluding hydrogens is 198 g/mol. The Balaban J connectivity index is 2.91. The third kappa shape index (κ3) is 2.98. The first kappa shape index (κ1) is 11.0. The minimum absolute atomic E-state index is 0.0309. The molecule has 0 amide bonds. The van der Waals surface area contributed by atoms with Gasteiger partial charge in [-0.15, -0.1) is 0 Å². The molecule has 78 valence electrons. The average molecular weight is 207 g/mol. The van der Waals surface area contributed by atoms with E-state index < -0.39 is 5.97 Å². The molecule has 0 aliphatic heterocycles. The summed E-state index contributed by atoms with van der Waals surface area (Å²) in [5, 5.41) is 3.45. The van der Waals surface area contributed by atoms with Crippen LogP contribution < -0.4 is 0 Å². The second-order valence-corrected chi connectivity index (χ2v) is 2.91. The number of hydrogen-bond acceptors (Lipinski definition) is 5. The molecule has 0 fully saturated rings. The molecule has 0 aromatic rings. The van der Waals surface area contributed by atoms with E-state index in [-0.39, 0.29) is 22.9 Å². The summed E-state index contributed by atoms with van der Waals surface area (Å²) in [5.41, 5.74) is 0.290. The predicted octanol–water partition coefficient (Wildman–Crippen LogP) is 0.560. The fourth-order valence-corrected chi connectivity index (χ4v) is 0.967. The molecule has 0 aromatic carbocycles. The molecule has 0 N–H and O–H groups in total. The molecule has 0 saturated carbocycles. The SMILES string of the molecule is CC(=O)O/N=C1\C=CC(=O)C(C(C)=O)=C1. The van der Waals surface area contributed by atoms with E-state index in [0.29, 0.717) is 0 Å². The normalized spacial score (nSPS) is 17.6. The van der Waals surface area contributed by atoms with E-state index in [0.717, 1.165) is 0 Å². The Kier molecular flexibility index (Phi) is 3.28. The number of rotatable bonds is 2. The van der Waals surface area contributed by atoms with Crippen molar-refractivity contribution in [1.82, 2.24) is 0 Å². The standard InChI is InChI=1S/C10H9NO4/c1-6(12)9-5-8(3-4-10(9)14)11-15-7(2)13/h3-5H,1-2H3/b11-8+. The van der Waals surface area contributed by atoms with Crippen LogP contribution in [-0.4, -0.2) is 23.2 Å². The smallest absolute Gasteiger partial charge is 0.318 e. The third-order valence-corrected chi connectivity index (χ3v) is 1.62.